The van der Waals surface area contributed by atoms with Crippen LogP contribution in [0.1, 0.15) is 11.7 Å². The van der Waals surface area contributed by atoms with Crippen molar-refractivity contribution >= 4 is 5.82 Å². The van der Waals surface area contributed by atoms with Gasteiger partial charge in [-0.2, -0.15) is 10.2 Å². The van der Waals surface area contributed by atoms with Gasteiger partial charge < -0.3 is 10.2 Å². The first kappa shape index (κ1) is 5.63. The van der Waals surface area contributed by atoms with E-state index < -0.39 is 0 Å². The van der Waals surface area contributed by atoms with Crippen LogP contribution in [-0.4, -0.2) is 4.98 Å². The van der Waals surface area contributed by atoms with E-state index in [0.29, 0.717) is 5.76 Å². The van der Waals surface area contributed by atoms with Gasteiger partial charge in [0.15, 0.2) is 11.9 Å². The van der Waals surface area contributed by atoms with Crippen LogP contribution in [0.25, 0.3) is 0 Å². The van der Waals surface area contributed by atoms with Crippen LogP contribution in [0.5, 0.6) is 0 Å². The van der Waals surface area contributed by atoms with Crippen LogP contribution in [0.2, 0.25) is 0 Å². The molecule has 1 heterocycles. The molecule has 1 aromatic heterocycles. The van der Waals surface area contributed by atoms with Crippen LogP contribution < -0.4 is 5.73 Å². The summed E-state index contributed by atoms with van der Waals surface area (Å²) in [6.45, 7) is 1.66. The summed E-state index contributed by atoms with van der Waals surface area (Å²) in [5.41, 5.74) is 5.26. The van der Waals surface area contributed by atoms with Crippen molar-refractivity contribution in [3.63, 3.8) is 0 Å². The highest BCUT2D eigenvalue weighted by atomic mass is 16.4. The first-order chi connectivity index (χ1) is 4.24. The van der Waals surface area contributed by atoms with Crippen molar-refractivity contribution < 1.29 is 4.42 Å². The van der Waals surface area contributed by atoms with Crippen LogP contribution >= 0.6 is 0 Å². The van der Waals surface area contributed by atoms with Gasteiger partial charge in [0.05, 0.1) is 0 Å². The van der Waals surface area contributed by atoms with Crippen molar-refractivity contribution in [2.45, 2.75) is 6.92 Å². The molecule has 0 aliphatic heterocycles. The highest BCUT2D eigenvalue weighted by molar-refractivity contribution is 5.33. The first-order valence-corrected chi connectivity index (χ1v) is 2.37. The Hall–Kier alpha value is -1.50. The number of aryl methyl sites for hydroxylation is 1. The smallest absolute Gasteiger partial charge is 0.302 e. The summed E-state index contributed by atoms with van der Waals surface area (Å²) < 4.78 is 4.77. The van der Waals surface area contributed by atoms with E-state index in [2.05, 4.69) is 4.98 Å². The Morgan fingerprint density at radius 3 is 2.67 bits per heavy atom. The minimum absolute atomic E-state index is 0.0185. The lowest BCUT2D eigenvalue weighted by Crippen LogP contribution is -1.85. The van der Waals surface area contributed by atoms with Crippen molar-refractivity contribution in [1.29, 1.82) is 5.26 Å². The van der Waals surface area contributed by atoms with Crippen molar-refractivity contribution in [2.24, 2.45) is 0 Å². The molecule has 1 rings (SSSR count). The molecule has 46 valence electrons. The molecule has 0 spiro atoms. The fourth-order valence-corrected chi connectivity index (χ4v) is 0.456. The van der Waals surface area contributed by atoms with Crippen LogP contribution in [0.3, 0.4) is 0 Å². The van der Waals surface area contributed by atoms with E-state index in [9.17, 15) is 0 Å². The van der Waals surface area contributed by atoms with E-state index in [4.69, 9.17) is 15.4 Å². The molecule has 4 heteroatoms. The minimum Gasteiger partial charge on any atom is -0.432 e. The maximum Gasteiger partial charge on any atom is 0.302 e. The maximum absolute atomic E-state index is 8.21. The van der Waals surface area contributed by atoms with Crippen LogP contribution in [-0.2, 0) is 0 Å². The zero-order valence-electron chi connectivity index (χ0n) is 4.88. The molecule has 0 aliphatic rings. The van der Waals surface area contributed by atoms with Crippen LogP contribution in [0.15, 0.2) is 4.42 Å². The van der Waals surface area contributed by atoms with Gasteiger partial charge in [0.1, 0.15) is 5.76 Å². The predicted octanol–water partition coefficient (Wildman–Crippen LogP) is 0.437. The third kappa shape index (κ3) is 0.842. The van der Waals surface area contributed by atoms with Gasteiger partial charge in [-0.1, -0.05) is 0 Å². The second-order valence-corrected chi connectivity index (χ2v) is 1.57. The number of nitrogen functional groups attached to an aromatic ring is 1. The van der Waals surface area contributed by atoms with Gasteiger partial charge in [0.25, 0.3) is 0 Å². The zero-order valence-corrected chi connectivity index (χ0v) is 4.88. The van der Waals surface area contributed by atoms with Gasteiger partial charge >= 0.3 is 5.89 Å². The van der Waals surface area contributed by atoms with Gasteiger partial charge in [0.2, 0.25) is 0 Å². The monoisotopic (exact) mass is 123 g/mol. The van der Waals surface area contributed by atoms with Gasteiger partial charge in [-0.15, -0.1) is 0 Å². The first-order valence-electron chi connectivity index (χ1n) is 2.37. The molecule has 0 aromatic carbocycles. The third-order valence-electron chi connectivity index (χ3n) is 0.928. The lowest BCUT2D eigenvalue weighted by Gasteiger charge is -1.77. The van der Waals surface area contributed by atoms with Crippen molar-refractivity contribution in [1.82, 2.24) is 4.98 Å². The molecular weight excluding hydrogens is 118 g/mol. The number of nitrogens with zero attached hydrogens (tertiary/aromatic N) is 2. The minimum atomic E-state index is 0.0185. The molecule has 0 aliphatic carbocycles. The molecule has 9 heavy (non-hydrogen) atoms. The van der Waals surface area contributed by atoms with Gasteiger partial charge in [-0.05, 0) is 6.92 Å². The molecule has 1 aromatic rings. The van der Waals surface area contributed by atoms with Crippen molar-refractivity contribution in [3.05, 3.63) is 11.7 Å². The molecule has 0 amide bonds. The second-order valence-electron chi connectivity index (χ2n) is 1.57. The highest BCUT2D eigenvalue weighted by Crippen LogP contribution is 2.09. The fraction of sp³-hybridized carbons (Fsp3) is 0.200. The van der Waals surface area contributed by atoms with Gasteiger partial charge in [0, 0.05) is 0 Å². The average Bonchev–Trinajstić information content (AvgIpc) is 2.13. The molecule has 0 radical (unpaired) electrons. The summed E-state index contributed by atoms with van der Waals surface area (Å²) in [6, 6.07) is 1.73. The number of nitriles is 1. The lowest BCUT2D eigenvalue weighted by molar-refractivity contribution is 0.513. The Labute approximate surface area is 51.9 Å². The molecule has 2 N–H and O–H groups in total. The number of rotatable bonds is 0. The standard InChI is InChI=1S/C5H5N3O/c1-3-5(7)8-4(2-6)9-3/h7H2,1H3. The average molecular weight is 123 g/mol. The van der Waals surface area contributed by atoms with Crippen LogP contribution in [0.4, 0.5) is 5.82 Å². The van der Waals surface area contributed by atoms with Crippen LogP contribution in [0, 0.1) is 18.3 Å². The molecule has 0 saturated carbocycles. The number of oxazole rings is 1. The number of nitrogens with two attached hydrogens (primary N) is 1. The number of hydrogen-bond donors (Lipinski definition) is 1. The summed E-state index contributed by atoms with van der Waals surface area (Å²) >= 11 is 0. The number of anilines is 1. The third-order valence-corrected chi connectivity index (χ3v) is 0.928. The SMILES string of the molecule is Cc1oc(C#N)nc1N. The Kier molecular flexibility index (Phi) is 1.12. The van der Waals surface area contributed by atoms with E-state index in [0.717, 1.165) is 0 Å². The lowest BCUT2D eigenvalue weighted by atomic mass is 10.5. The Bertz CT molecular complexity index is 238. The highest BCUT2D eigenvalue weighted by Gasteiger charge is 2.02. The largest absolute Gasteiger partial charge is 0.432 e. The molecule has 0 unspecified atom stereocenters. The van der Waals surface area contributed by atoms with E-state index in [1.165, 1.54) is 0 Å². The quantitative estimate of drug-likeness (QED) is 0.543. The molecule has 0 saturated heterocycles. The van der Waals surface area contributed by atoms with Gasteiger partial charge in [-0.25, -0.2) is 0 Å². The van der Waals surface area contributed by atoms with Crippen molar-refractivity contribution in [2.75, 3.05) is 5.73 Å². The topological polar surface area (TPSA) is 75.8 Å². The Morgan fingerprint density at radius 1 is 1.78 bits per heavy atom. The summed E-state index contributed by atoms with van der Waals surface area (Å²) in [6.07, 6.45) is 0. The van der Waals surface area contributed by atoms with E-state index >= 15 is 0 Å². The summed E-state index contributed by atoms with van der Waals surface area (Å²) in [5.74, 6) is 0.795. The van der Waals surface area contributed by atoms with Gasteiger partial charge in [-0.3, -0.25) is 0 Å². The molecule has 4 nitrogen and oxygen atoms in total. The van der Waals surface area contributed by atoms with E-state index in [-0.39, 0.29) is 11.7 Å². The Morgan fingerprint density at radius 2 is 2.44 bits per heavy atom. The number of aromatic nitrogens is 1. The Balaban J connectivity index is 3.16. The van der Waals surface area contributed by atoms with E-state index in [1.54, 1.807) is 13.0 Å². The molecule has 0 bridgehead atoms. The van der Waals surface area contributed by atoms with Crippen molar-refractivity contribution in [3.8, 4) is 6.07 Å². The summed E-state index contributed by atoms with van der Waals surface area (Å²) in [7, 11) is 0. The molecule has 0 fully saturated rings. The molecule has 0 atom stereocenters. The summed E-state index contributed by atoms with van der Waals surface area (Å²) in [5, 5.41) is 8.21. The second kappa shape index (κ2) is 1.78. The maximum atomic E-state index is 8.21. The summed E-state index contributed by atoms with van der Waals surface area (Å²) in [4.78, 5) is 3.58. The number of hydrogen-bond acceptors (Lipinski definition) is 4. The predicted molar refractivity (Wildman–Crippen MR) is 30.4 cm³/mol. The van der Waals surface area contributed by atoms with E-state index in [1.807, 2.05) is 0 Å². The normalized spacial score (nSPS) is 8.89. The molecular formula is C5H5N3O. The fourth-order valence-electron chi connectivity index (χ4n) is 0.456. The zero-order chi connectivity index (χ0) is 6.85.